The summed E-state index contributed by atoms with van der Waals surface area (Å²) >= 11 is 0. The number of rotatable bonds is 7. The van der Waals surface area contributed by atoms with E-state index in [4.69, 9.17) is 14.0 Å². The van der Waals surface area contributed by atoms with E-state index in [1.54, 1.807) is 20.4 Å². The first-order valence-corrected chi connectivity index (χ1v) is 9.09. The molecule has 1 aromatic heterocycles. The molecule has 1 atom stereocenters. The average Bonchev–Trinajstić information content (AvgIpc) is 3.25. The molecule has 0 saturated carbocycles. The average molecular weight is 501 g/mol. The molecule has 3 rings (SSSR count). The predicted octanol–water partition coefficient (Wildman–Crippen LogP) is 2.04. The first kappa shape index (κ1) is 22.4. The van der Waals surface area contributed by atoms with Crippen LogP contribution < -0.4 is 15.4 Å². The van der Waals surface area contributed by atoms with Crippen molar-refractivity contribution in [1.82, 2.24) is 20.7 Å². The van der Waals surface area contributed by atoms with Gasteiger partial charge in [-0.25, -0.2) is 0 Å². The van der Waals surface area contributed by atoms with Gasteiger partial charge in [0.1, 0.15) is 17.7 Å². The first-order valence-electron chi connectivity index (χ1n) is 9.09. The summed E-state index contributed by atoms with van der Waals surface area (Å²) < 4.78 is 15.7. The molecule has 154 valence electrons. The smallest absolute Gasteiger partial charge is 0.191 e. The fourth-order valence-corrected chi connectivity index (χ4v) is 3.09. The second-order valence-corrected chi connectivity index (χ2v) is 6.23. The van der Waals surface area contributed by atoms with Gasteiger partial charge in [0.2, 0.25) is 0 Å². The molecule has 8 nitrogen and oxygen atoms in total. The van der Waals surface area contributed by atoms with Crippen molar-refractivity contribution in [1.29, 1.82) is 0 Å². The third kappa shape index (κ3) is 6.35. The third-order valence-electron chi connectivity index (χ3n) is 4.60. The van der Waals surface area contributed by atoms with E-state index < -0.39 is 0 Å². The number of nitrogens with zero attached hydrogens (tertiary/aromatic N) is 3. The van der Waals surface area contributed by atoms with Crippen LogP contribution in [0.1, 0.15) is 17.3 Å². The second kappa shape index (κ2) is 11.9. The van der Waals surface area contributed by atoms with Crippen LogP contribution in [0, 0.1) is 0 Å². The third-order valence-corrected chi connectivity index (χ3v) is 4.60. The van der Waals surface area contributed by atoms with Crippen molar-refractivity contribution >= 4 is 29.9 Å². The molecule has 2 heterocycles. The lowest BCUT2D eigenvalue weighted by Crippen LogP contribution is -2.46. The number of nitrogens with one attached hydrogen (secondary N) is 2. The molecule has 2 N–H and O–H groups in total. The summed E-state index contributed by atoms with van der Waals surface area (Å²) in [6.45, 7) is 4.61. The van der Waals surface area contributed by atoms with E-state index in [9.17, 15) is 0 Å². The highest BCUT2D eigenvalue weighted by Crippen LogP contribution is 2.23. The number of aliphatic imine (C=N–C) groups is 1. The van der Waals surface area contributed by atoms with E-state index in [1.807, 2.05) is 18.2 Å². The second-order valence-electron chi connectivity index (χ2n) is 6.23. The highest BCUT2D eigenvalue weighted by Gasteiger charge is 2.23. The van der Waals surface area contributed by atoms with Crippen molar-refractivity contribution < 1.29 is 14.0 Å². The minimum atomic E-state index is 0. The number of halogens is 1. The predicted molar refractivity (Wildman–Crippen MR) is 118 cm³/mol. The Morgan fingerprint density at radius 2 is 1.96 bits per heavy atom. The Morgan fingerprint density at radius 3 is 2.57 bits per heavy atom. The van der Waals surface area contributed by atoms with Gasteiger partial charge in [-0.1, -0.05) is 17.3 Å². The lowest BCUT2D eigenvalue weighted by atomic mass is 10.0. The van der Waals surface area contributed by atoms with Crippen molar-refractivity contribution in [2.45, 2.75) is 12.6 Å². The number of hydrogen-bond donors (Lipinski definition) is 2. The van der Waals surface area contributed by atoms with Gasteiger partial charge in [0.25, 0.3) is 0 Å². The Morgan fingerprint density at radius 1 is 1.21 bits per heavy atom. The highest BCUT2D eigenvalue weighted by molar-refractivity contribution is 14.0. The zero-order valence-electron chi connectivity index (χ0n) is 16.3. The summed E-state index contributed by atoms with van der Waals surface area (Å²) in [5, 5.41) is 10.6. The van der Waals surface area contributed by atoms with Crippen LogP contribution in [0.3, 0.4) is 0 Å². The fraction of sp³-hybridized carbons (Fsp3) is 0.474. The SMILES string of the molecule is CN=C(NCc1ccon1)NCC(c1ccc(OC)cc1)N1CCOCC1.I. The molecule has 28 heavy (non-hydrogen) atoms. The fourth-order valence-electron chi connectivity index (χ4n) is 3.09. The van der Waals surface area contributed by atoms with E-state index in [0.29, 0.717) is 6.54 Å². The van der Waals surface area contributed by atoms with Gasteiger partial charge in [-0.05, 0) is 17.7 Å². The van der Waals surface area contributed by atoms with Crippen LogP contribution in [0.15, 0.2) is 46.1 Å². The maximum absolute atomic E-state index is 5.51. The van der Waals surface area contributed by atoms with E-state index >= 15 is 0 Å². The Labute approximate surface area is 182 Å². The van der Waals surface area contributed by atoms with Gasteiger partial charge in [0.15, 0.2) is 5.96 Å². The monoisotopic (exact) mass is 501 g/mol. The summed E-state index contributed by atoms with van der Waals surface area (Å²) in [5.74, 6) is 1.59. The Kier molecular flexibility index (Phi) is 9.51. The first-order chi connectivity index (χ1) is 13.3. The van der Waals surface area contributed by atoms with Crippen molar-refractivity contribution in [2.75, 3.05) is 47.0 Å². The van der Waals surface area contributed by atoms with Gasteiger partial charge < -0.3 is 24.6 Å². The summed E-state index contributed by atoms with van der Waals surface area (Å²) in [6.07, 6.45) is 1.56. The number of benzene rings is 1. The molecule has 1 aliphatic rings. The molecule has 1 aliphatic heterocycles. The minimum absolute atomic E-state index is 0. The summed E-state index contributed by atoms with van der Waals surface area (Å²) in [5.41, 5.74) is 2.06. The standard InChI is InChI=1S/C19H27N5O3.HI/c1-20-19(21-13-16-7-10-27-23-16)22-14-18(24-8-11-26-12-9-24)15-3-5-17(25-2)6-4-15;/h3-7,10,18H,8-9,11-14H2,1-2H3,(H2,20,21,22);1H. The van der Waals surface area contributed by atoms with E-state index in [0.717, 1.165) is 50.3 Å². The topological polar surface area (TPSA) is 84.2 Å². The van der Waals surface area contributed by atoms with E-state index in [1.165, 1.54) is 5.56 Å². The van der Waals surface area contributed by atoms with Crippen LogP contribution in [0.25, 0.3) is 0 Å². The van der Waals surface area contributed by atoms with Crippen LogP contribution >= 0.6 is 24.0 Å². The number of hydrogen-bond acceptors (Lipinski definition) is 6. The number of ether oxygens (including phenoxy) is 2. The summed E-state index contributed by atoms with van der Waals surface area (Å²) in [7, 11) is 3.44. The van der Waals surface area contributed by atoms with Crippen LogP contribution in [-0.4, -0.2) is 63.0 Å². The Balaban J connectivity index is 0.00000280. The molecule has 1 unspecified atom stereocenters. The molecule has 0 spiro atoms. The Hall–Kier alpha value is -1.85. The van der Waals surface area contributed by atoms with Crippen LogP contribution in [0.2, 0.25) is 0 Å². The number of methoxy groups -OCH3 is 1. The minimum Gasteiger partial charge on any atom is -0.497 e. The quantitative estimate of drug-likeness (QED) is 0.341. The van der Waals surface area contributed by atoms with Gasteiger partial charge >= 0.3 is 0 Å². The molecule has 0 aliphatic carbocycles. The largest absolute Gasteiger partial charge is 0.497 e. The lowest BCUT2D eigenvalue weighted by Gasteiger charge is -2.35. The van der Waals surface area contributed by atoms with Crippen molar-refractivity contribution in [3.8, 4) is 5.75 Å². The van der Waals surface area contributed by atoms with Crippen molar-refractivity contribution in [3.05, 3.63) is 47.9 Å². The molecular formula is C19H28IN5O3. The van der Waals surface area contributed by atoms with Gasteiger partial charge in [-0.3, -0.25) is 9.89 Å². The van der Waals surface area contributed by atoms with Gasteiger partial charge in [-0.15, -0.1) is 24.0 Å². The molecule has 9 heteroatoms. The number of morpholine rings is 1. The van der Waals surface area contributed by atoms with E-state index in [-0.39, 0.29) is 30.0 Å². The van der Waals surface area contributed by atoms with Gasteiger partial charge in [0.05, 0.1) is 32.9 Å². The molecule has 0 amide bonds. The van der Waals surface area contributed by atoms with Gasteiger partial charge in [0, 0.05) is 32.7 Å². The molecule has 0 radical (unpaired) electrons. The molecular weight excluding hydrogens is 473 g/mol. The van der Waals surface area contributed by atoms with Crippen molar-refractivity contribution in [3.63, 3.8) is 0 Å². The molecule has 2 aromatic rings. The normalized spacial score (nSPS) is 16.1. The summed E-state index contributed by atoms with van der Waals surface area (Å²) in [4.78, 5) is 6.73. The Bertz CT molecular complexity index is 703. The number of aromatic nitrogens is 1. The van der Waals surface area contributed by atoms with Gasteiger partial charge in [-0.2, -0.15) is 0 Å². The zero-order chi connectivity index (χ0) is 18.9. The van der Waals surface area contributed by atoms with Crippen LogP contribution in [0.4, 0.5) is 0 Å². The van der Waals surface area contributed by atoms with Crippen LogP contribution in [0.5, 0.6) is 5.75 Å². The molecule has 1 saturated heterocycles. The maximum Gasteiger partial charge on any atom is 0.191 e. The molecule has 1 fully saturated rings. The zero-order valence-corrected chi connectivity index (χ0v) is 18.6. The molecule has 1 aromatic carbocycles. The van der Waals surface area contributed by atoms with Crippen LogP contribution in [-0.2, 0) is 11.3 Å². The highest BCUT2D eigenvalue weighted by atomic mass is 127. The lowest BCUT2D eigenvalue weighted by molar-refractivity contribution is 0.0170. The molecule has 0 bridgehead atoms. The van der Waals surface area contributed by atoms with Crippen molar-refractivity contribution in [2.24, 2.45) is 4.99 Å². The summed E-state index contributed by atoms with van der Waals surface area (Å²) in [6, 6.07) is 10.3. The number of guanidine groups is 1. The maximum atomic E-state index is 5.51. The van der Waals surface area contributed by atoms with E-state index in [2.05, 4.69) is 37.8 Å².